The van der Waals surface area contributed by atoms with Crippen LogP contribution in [0.2, 0.25) is 0 Å². The molecule has 0 rings (SSSR count). The molecule has 0 N–H and O–H groups in total. The molecule has 0 bridgehead atoms. The molecular formula is C16H32. The lowest BCUT2D eigenvalue weighted by Crippen LogP contribution is -2.07. The first-order valence-corrected chi connectivity index (χ1v) is 7.30. The number of allylic oxidation sites excluding steroid dienone is 1. The summed E-state index contributed by atoms with van der Waals surface area (Å²) in [5.41, 5.74) is 0. The maximum Gasteiger partial charge on any atom is -0.0236 e. The fourth-order valence-corrected chi connectivity index (χ4v) is 2.56. The average molecular weight is 224 g/mol. The summed E-state index contributed by atoms with van der Waals surface area (Å²) in [6.45, 7) is 13.3. The lowest BCUT2D eigenvalue weighted by Gasteiger charge is -2.20. The molecule has 96 valence electrons. The monoisotopic (exact) mass is 224 g/mol. The Balaban J connectivity index is 3.77. The van der Waals surface area contributed by atoms with Crippen molar-refractivity contribution in [2.75, 3.05) is 0 Å². The van der Waals surface area contributed by atoms with Crippen LogP contribution in [-0.2, 0) is 0 Å². The molecule has 0 aromatic heterocycles. The third-order valence-electron chi connectivity index (χ3n) is 3.91. The maximum atomic E-state index is 3.95. The third-order valence-corrected chi connectivity index (χ3v) is 3.91. The van der Waals surface area contributed by atoms with Crippen molar-refractivity contribution >= 4 is 0 Å². The highest BCUT2D eigenvalue weighted by Gasteiger charge is 2.11. The zero-order valence-corrected chi connectivity index (χ0v) is 12.0. The molecule has 0 saturated heterocycles. The second-order valence-electron chi connectivity index (χ2n) is 5.39. The number of rotatable bonds is 10. The van der Waals surface area contributed by atoms with E-state index in [-0.39, 0.29) is 0 Å². The molecule has 2 atom stereocenters. The van der Waals surface area contributed by atoms with E-state index < -0.39 is 0 Å². The van der Waals surface area contributed by atoms with Crippen LogP contribution >= 0.6 is 0 Å². The topological polar surface area (TPSA) is 0 Å². The molecule has 0 aliphatic carbocycles. The quantitative estimate of drug-likeness (QED) is 0.409. The largest absolute Gasteiger partial charge is 0.103 e. The molecule has 16 heavy (non-hydrogen) atoms. The Labute approximate surface area is 104 Å². The highest BCUT2D eigenvalue weighted by Crippen LogP contribution is 2.25. The van der Waals surface area contributed by atoms with E-state index in [2.05, 4.69) is 40.3 Å². The van der Waals surface area contributed by atoms with Crippen LogP contribution in [0.3, 0.4) is 0 Å². The molecule has 2 unspecified atom stereocenters. The van der Waals surface area contributed by atoms with Crippen LogP contribution < -0.4 is 0 Å². The average Bonchev–Trinajstić information content (AvgIpc) is 2.31. The normalized spacial score (nSPS) is 15.1. The van der Waals surface area contributed by atoms with Crippen molar-refractivity contribution in [2.24, 2.45) is 17.8 Å². The zero-order chi connectivity index (χ0) is 12.4. The molecule has 0 radical (unpaired) electrons. The van der Waals surface area contributed by atoms with Gasteiger partial charge in [-0.25, -0.2) is 0 Å². The first-order valence-electron chi connectivity index (χ1n) is 7.30. The fraction of sp³-hybridized carbons (Fsp3) is 0.875. The van der Waals surface area contributed by atoms with E-state index in [1.165, 1.54) is 44.9 Å². The molecule has 0 saturated carbocycles. The molecule has 0 heteroatoms. The van der Waals surface area contributed by atoms with Crippen molar-refractivity contribution in [1.29, 1.82) is 0 Å². The molecule has 0 aliphatic rings. The first-order chi connectivity index (χ1) is 7.67. The summed E-state index contributed by atoms with van der Waals surface area (Å²) in [5.74, 6) is 2.60. The maximum absolute atomic E-state index is 3.95. The van der Waals surface area contributed by atoms with Gasteiger partial charge in [-0.2, -0.15) is 0 Å². The van der Waals surface area contributed by atoms with Gasteiger partial charge in [0, 0.05) is 0 Å². The van der Waals surface area contributed by atoms with Gasteiger partial charge in [-0.15, -0.1) is 6.58 Å². The lowest BCUT2D eigenvalue weighted by atomic mass is 9.86. The zero-order valence-electron chi connectivity index (χ0n) is 12.0. The Morgan fingerprint density at radius 1 is 1.00 bits per heavy atom. The molecule has 0 amide bonds. The molecule has 0 aromatic carbocycles. The summed E-state index contributed by atoms with van der Waals surface area (Å²) in [7, 11) is 0. The minimum atomic E-state index is 0.758. The van der Waals surface area contributed by atoms with Gasteiger partial charge in [-0.1, -0.05) is 59.5 Å². The van der Waals surface area contributed by atoms with Gasteiger partial charge in [-0.3, -0.25) is 0 Å². The van der Waals surface area contributed by atoms with E-state index in [1.807, 2.05) is 0 Å². The Kier molecular flexibility index (Phi) is 9.77. The van der Waals surface area contributed by atoms with E-state index in [1.54, 1.807) is 0 Å². The summed E-state index contributed by atoms with van der Waals surface area (Å²) >= 11 is 0. The fourth-order valence-electron chi connectivity index (χ4n) is 2.56. The van der Waals surface area contributed by atoms with Gasteiger partial charge in [0.25, 0.3) is 0 Å². The molecule has 0 spiro atoms. The van der Waals surface area contributed by atoms with Gasteiger partial charge in [0.15, 0.2) is 0 Å². The Morgan fingerprint density at radius 2 is 1.62 bits per heavy atom. The first kappa shape index (κ1) is 15.7. The standard InChI is InChI=1S/C16H32/c1-6-10-16(9-4)12-11-14(5)13-15(7-2)8-3/h9,14-16H,4,6-8,10-13H2,1-3,5H3. The molecular weight excluding hydrogens is 192 g/mol. The minimum Gasteiger partial charge on any atom is -0.103 e. The van der Waals surface area contributed by atoms with E-state index in [9.17, 15) is 0 Å². The third kappa shape index (κ3) is 7.09. The van der Waals surface area contributed by atoms with Crippen LogP contribution in [0.25, 0.3) is 0 Å². The van der Waals surface area contributed by atoms with Crippen molar-refractivity contribution in [1.82, 2.24) is 0 Å². The molecule has 0 heterocycles. The van der Waals surface area contributed by atoms with Crippen LogP contribution in [0.1, 0.15) is 72.6 Å². The number of hydrogen-bond donors (Lipinski definition) is 0. The smallest absolute Gasteiger partial charge is 0.0236 e. The number of hydrogen-bond acceptors (Lipinski definition) is 0. The summed E-state index contributed by atoms with van der Waals surface area (Å²) in [6.07, 6.45) is 11.6. The Morgan fingerprint density at radius 3 is 2.06 bits per heavy atom. The van der Waals surface area contributed by atoms with Crippen molar-refractivity contribution in [2.45, 2.75) is 72.6 Å². The van der Waals surface area contributed by atoms with E-state index >= 15 is 0 Å². The van der Waals surface area contributed by atoms with Crippen molar-refractivity contribution < 1.29 is 0 Å². The van der Waals surface area contributed by atoms with Gasteiger partial charge >= 0.3 is 0 Å². The van der Waals surface area contributed by atoms with Gasteiger partial charge < -0.3 is 0 Å². The van der Waals surface area contributed by atoms with Gasteiger partial charge in [0.05, 0.1) is 0 Å². The summed E-state index contributed by atoms with van der Waals surface area (Å²) < 4.78 is 0. The van der Waals surface area contributed by atoms with Crippen LogP contribution in [0.5, 0.6) is 0 Å². The minimum absolute atomic E-state index is 0.758. The Bertz CT molecular complexity index is 155. The Hall–Kier alpha value is -0.260. The second kappa shape index (κ2) is 9.93. The second-order valence-corrected chi connectivity index (χ2v) is 5.39. The molecule has 0 fully saturated rings. The van der Waals surface area contributed by atoms with Gasteiger partial charge in [0.1, 0.15) is 0 Å². The molecule has 0 nitrogen and oxygen atoms in total. The van der Waals surface area contributed by atoms with E-state index in [0.717, 1.165) is 17.8 Å². The summed E-state index contributed by atoms with van der Waals surface area (Å²) in [5, 5.41) is 0. The van der Waals surface area contributed by atoms with Crippen molar-refractivity contribution in [3.8, 4) is 0 Å². The molecule has 0 aromatic rings. The van der Waals surface area contributed by atoms with E-state index in [4.69, 9.17) is 0 Å². The van der Waals surface area contributed by atoms with Crippen LogP contribution in [0.4, 0.5) is 0 Å². The highest BCUT2D eigenvalue weighted by atomic mass is 14.2. The van der Waals surface area contributed by atoms with Gasteiger partial charge in [0.2, 0.25) is 0 Å². The van der Waals surface area contributed by atoms with Crippen molar-refractivity contribution in [3.05, 3.63) is 12.7 Å². The van der Waals surface area contributed by atoms with Crippen LogP contribution in [0.15, 0.2) is 12.7 Å². The summed E-state index contributed by atoms with van der Waals surface area (Å²) in [6, 6.07) is 0. The predicted octanol–water partition coefficient (Wildman–Crippen LogP) is 5.83. The lowest BCUT2D eigenvalue weighted by molar-refractivity contribution is 0.336. The van der Waals surface area contributed by atoms with Gasteiger partial charge in [-0.05, 0) is 37.0 Å². The summed E-state index contributed by atoms with van der Waals surface area (Å²) in [4.78, 5) is 0. The predicted molar refractivity (Wildman–Crippen MR) is 75.7 cm³/mol. The van der Waals surface area contributed by atoms with Crippen LogP contribution in [0, 0.1) is 17.8 Å². The highest BCUT2D eigenvalue weighted by molar-refractivity contribution is 4.79. The molecule has 0 aliphatic heterocycles. The van der Waals surface area contributed by atoms with Crippen molar-refractivity contribution in [3.63, 3.8) is 0 Å². The van der Waals surface area contributed by atoms with Crippen LogP contribution in [-0.4, -0.2) is 0 Å². The van der Waals surface area contributed by atoms with E-state index in [0.29, 0.717) is 0 Å². The SMILES string of the molecule is C=CC(CCC)CCC(C)CC(CC)CC.